The summed E-state index contributed by atoms with van der Waals surface area (Å²) in [6, 6.07) is 8.10. The largest absolute Gasteiger partial charge is 0.271 e. The minimum absolute atomic E-state index is 0.221. The average Bonchev–Trinajstić information content (AvgIpc) is 2.27. The number of hydrazine groups is 1. The van der Waals surface area contributed by atoms with Gasteiger partial charge in [-0.25, -0.2) is 0 Å². The Labute approximate surface area is 103 Å². The molecule has 1 aromatic carbocycles. The van der Waals surface area contributed by atoms with Gasteiger partial charge in [-0.1, -0.05) is 50.4 Å². The molecule has 1 aromatic rings. The van der Waals surface area contributed by atoms with Crippen molar-refractivity contribution in [2.75, 3.05) is 0 Å². The molecule has 0 aliphatic heterocycles. The fourth-order valence-electron chi connectivity index (χ4n) is 2.01. The van der Waals surface area contributed by atoms with Crippen molar-refractivity contribution in [2.45, 2.75) is 39.2 Å². The van der Waals surface area contributed by atoms with E-state index in [0.29, 0.717) is 5.92 Å². The van der Waals surface area contributed by atoms with E-state index in [2.05, 4.69) is 19.3 Å². The molecule has 0 aromatic heterocycles. The molecule has 0 bridgehead atoms. The molecule has 0 spiro atoms. The number of nitrogens with one attached hydrogen (secondary N) is 1. The first-order valence-electron chi connectivity index (χ1n) is 5.89. The van der Waals surface area contributed by atoms with Crippen molar-refractivity contribution in [1.82, 2.24) is 5.43 Å². The van der Waals surface area contributed by atoms with Crippen LogP contribution in [0.5, 0.6) is 0 Å². The van der Waals surface area contributed by atoms with E-state index in [9.17, 15) is 0 Å². The zero-order chi connectivity index (χ0) is 12.0. The molecule has 90 valence electrons. The van der Waals surface area contributed by atoms with Crippen molar-refractivity contribution in [2.24, 2.45) is 11.8 Å². The van der Waals surface area contributed by atoms with Crippen LogP contribution in [0.1, 0.15) is 44.7 Å². The first kappa shape index (κ1) is 13.5. The van der Waals surface area contributed by atoms with Crippen LogP contribution in [0.4, 0.5) is 0 Å². The fraction of sp³-hybridized carbons (Fsp3) is 0.538. The molecule has 3 heteroatoms. The number of benzene rings is 1. The Hall–Kier alpha value is -0.570. The van der Waals surface area contributed by atoms with Crippen molar-refractivity contribution in [3.05, 3.63) is 34.9 Å². The highest BCUT2D eigenvalue weighted by Crippen LogP contribution is 2.24. The molecule has 0 radical (unpaired) electrons. The predicted octanol–water partition coefficient (Wildman–Crippen LogP) is 3.67. The molecular formula is C13H21ClN2. The second-order valence-electron chi connectivity index (χ2n) is 4.40. The van der Waals surface area contributed by atoms with E-state index in [-0.39, 0.29) is 6.04 Å². The van der Waals surface area contributed by atoms with Crippen LogP contribution in [-0.4, -0.2) is 0 Å². The minimum Gasteiger partial charge on any atom is -0.271 e. The molecule has 16 heavy (non-hydrogen) atoms. The van der Waals surface area contributed by atoms with E-state index in [0.717, 1.165) is 11.4 Å². The Morgan fingerprint density at radius 2 is 1.94 bits per heavy atom. The number of halogens is 1. The van der Waals surface area contributed by atoms with Gasteiger partial charge in [-0.2, -0.15) is 0 Å². The summed E-state index contributed by atoms with van der Waals surface area (Å²) in [5.41, 5.74) is 4.09. The van der Waals surface area contributed by atoms with Gasteiger partial charge in [0.05, 0.1) is 0 Å². The van der Waals surface area contributed by atoms with Gasteiger partial charge in [-0.05, 0) is 30.0 Å². The Morgan fingerprint density at radius 3 is 2.44 bits per heavy atom. The summed E-state index contributed by atoms with van der Waals surface area (Å²) >= 11 is 5.86. The molecule has 0 amide bonds. The molecule has 1 rings (SSSR count). The molecule has 0 aliphatic carbocycles. The average molecular weight is 241 g/mol. The number of hydrogen-bond donors (Lipinski definition) is 2. The van der Waals surface area contributed by atoms with Gasteiger partial charge < -0.3 is 0 Å². The Bertz CT molecular complexity index is 297. The summed E-state index contributed by atoms with van der Waals surface area (Å²) in [5, 5.41) is 0.765. The predicted molar refractivity (Wildman–Crippen MR) is 70.2 cm³/mol. The molecule has 0 fully saturated rings. The molecule has 2 nitrogen and oxygen atoms in total. The molecule has 2 atom stereocenters. The van der Waals surface area contributed by atoms with Crippen LogP contribution < -0.4 is 11.3 Å². The molecular weight excluding hydrogens is 220 g/mol. The lowest BCUT2D eigenvalue weighted by Gasteiger charge is -2.20. The highest BCUT2D eigenvalue weighted by atomic mass is 35.5. The maximum atomic E-state index is 5.86. The van der Waals surface area contributed by atoms with Gasteiger partial charge in [0.15, 0.2) is 0 Å². The molecule has 0 saturated carbocycles. The SMILES string of the molecule is CCCC(C)CC(NN)c1ccc(Cl)cc1. The Balaban J connectivity index is 2.63. The first-order valence-corrected chi connectivity index (χ1v) is 6.26. The lowest BCUT2D eigenvalue weighted by Crippen LogP contribution is -2.29. The van der Waals surface area contributed by atoms with Gasteiger partial charge in [-0.3, -0.25) is 11.3 Å². The lowest BCUT2D eigenvalue weighted by atomic mass is 9.93. The van der Waals surface area contributed by atoms with Crippen molar-refractivity contribution in [3.8, 4) is 0 Å². The monoisotopic (exact) mass is 240 g/mol. The van der Waals surface area contributed by atoms with E-state index in [4.69, 9.17) is 17.4 Å². The summed E-state index contributed by atoms with van der Waals surface area (Å²) in [6.45, 7) is 4.48. The molecule has 3 N–H and O–H groups in total. The van der Waals surface area contributed by atoms with Crippen molar-refractivity contribution >= 4 is 11.6 Å². The quantitative estimate of drug-likeness (QED) is 0.588. The standard InChI is InChI=1S/C13H21ClN2/c1-3-4-10(2)9-13(16-15)11-5-7-12(14)8-6-11/h5-8,10,13,16H,3-4,9,15H2,1-2H3. The third-order valence-corrected chi connectivity index (χ3v) is 3.15. The summed E-state index contributed by atoms with van der Waals surface area (Å²) in [6.07, 6.45) is 3.52. The third kappa shape index (κ3) is 4.12. The van der Waals surface area contributed by atoms with E-state index in [1.165, 1.54) is 18.4 Å². The maximum Gasteiger partial charge on any atom is 0.0462 e. The van der Waals surface area contributed by atoms with Gasteiger partial charge in [0.1, 0.15) is 0 Å². The van der Waals surface area contributed by atoms with Crippen LogP contribution in [-0.2, 0) is 0 Å². The normalized spacial score (nSPS) is 14.8. The molecule has 0 aliphatic rings. The van der Waals surface area contributed by atoms with Crippen molar-refractivity contribution < 1.29 is 0 Å². The van der Waals surface area contributed by atoms with Gasteiger partial charge in [-0.15, -0.1) is 0 Å². The smallest absolute Gasteiger partial charge is 0.0462 e. The summed E-state index contributed by atoms with van der Waals surface area (Å²) in [5.74, 6) is 6.29. The van der Waals surface area contributed by atoms with E-state index in [1.807, 2.05) is 24.3 Å². The highest BCUT2D eigenvalue weighted by molar-refractivity contribution is 6.30. The number of nitrogens with two attached hydrogens (primary N) is 1. The Kier molecular flexibility index (Phi) is 5.81. The zero-order valence-electron chi connectivity index (χ0n) is 10.0. The topological polar surface area (TPSA) is 38.0 Å². The van der Waals surface area contributed by atoms with Crippen LogP contribution >= 0.6 is 11.6 Å². The molecule has 0 saturated heterocycles. The molecule has 0 heterocycles. The number of hydrogen-bond acceptors (Lipinski definition) is 2. The minimum atomic E-state index is 0.221. The first-order chi connectivity index (χ1) is 7.67. The van der Waals surface area contributed by atoms with Crippen LogP contribution in [0.25, 0.3) is 0 Å². The van der Waals surface area contributed by atoms with E-state index < -0.39 is 0 Å². The summed E-state index contributed by atoms with van der Waals surface area (Å²) in [7, 11) is 0. The van der Waals surface area contributed by atoms with E-state index >= 15 is 0 Å². The van der Waals surface area contributed by atoms with Crippen molar-refractivity contribution in [1.29, 1.82) is 0 Å². The number of rotatable bonds is 6. The van der Waals surface area contributed by atoms with Crippen LogP contribution in [0.3, 0.4) is 0 Å². The van der Waals surface area contributed by atoms with Crippen molar-refractivity contribution in [3.63, 3.8) is 0 Å². The van der Waals surface area contributed by atoms with Crippen LogP contribution in [0.2, 0.25) is 5.02 Å². The van der Waals surface area contributed by atoms with Crippen LogP contribution in [0.15, 0.2) is 24.3 Å². The summed E-state index contributed by atoms with van der Waals surface area (Å²) in [4.78, 5) is 0. The second-order valence-corrected chi connectivity index (χ2v) is 4.84. The second kappa shape index (κ2) is 6.89. The highest BCUT2D eigenvalue weighted by Gasteiger charge is 2.13. The van der Waals surface area contributed by atoms with Gasteiger partial charge in [0, 0.05) is 11.1 Å². The van der Waals surface area contributed by atoms with Gasteiger partial charge >= 0.3 is 0 Å². The van der Waals surface area contributed by atoms with Gasteiger partial charge in [0.25, 0.3) is 0 Å². The van der Waals surface area contributed by atoms with Gasteiger partial charge in [0.2, 0.25) is 0 Å². The maximum absolute atomic E-state index is 5.86. The fourth-order valence-corrected chi connectivity index (χ4v) is 2.13. The zero-order valence-corrected chi connectivity index (χ0v) is 10.8. The Morgan fingerprint density at radius 1 is 1.31 bits per heavy atom. The lowest BCUT2D eigenvalue weighted by molar-refractivity contribution is 0.394. The van der Waals surface area contributed by atoms with Crippen LogP contribution in [0, 0.1) is 5.92 Å². The van der Waals surface area contributed by atoms with E-state index in [1.54, 1.807) is 0 Å². The molecule has 2 unspecified atom stereocenters. The summed E-state index contributed by atoms with van der Waals surface area (Å²) < 4.78 is 0. The third-order valence-electron chi connectivity index (χ3n) is 2.89.